The highest BCUT2D eigenvalue weighted by atomic mass is 15.1. The zero-order valence-electron chi connectivity index (χ0n) is 9.18. The summed E-state index contributed by atoms with van der Waals surface area (Å²) < 4.78 is 0. The van der Waals surface area contributed by atoms with Crippen molar-refractivity contribution < 1.29 is 0 Å². The summed E-state index contributed by atoms with van der Waals surface area (Å²) >= 11 is 0. The predicted octanol–water partition coefficient (Wildman–Crippen LogP) is 1.86. The maximum Gasteiger partial charge on any atom is 0.0107 e. The maximum absolute atomic E-state index is 3.60. The molecule has 0 bridgehead atoms. The molecule has 0 aliphatic heterocycles. The van der Waals surface area contributed by atoms with Gasteiger partial charge in [0.1, 0.15) is 0 Å². The smallest absolute Gasteiger partial charge is 0.0107 e. The van der Waals surface area contributed by atoms with Gasteiger partial charge in [-0.1, -0.05) is 20.3 Å². The van der Waals surface area contributed by atoms with E-state index in [9.17, 15) is 0 Å². The Morgan fingerprint density at radius 2 is 2.00 bits per heavy atom. The second-order valence-electron chi connectivity index (χ2n) is 4.02. The standard InChI is InChI=1S/C11H24N2/c1-3-9-13(4-2)10-8-12-11-6-5-7-11/h11-12H,3-10H2,1-2H3. The Morgan fingerprint density at radius 3 is 2.46 bits per heavy atom. The van der Waals surface area contributed by atoms with Gasteiger partial charge in [0.05, 0.1) is 0 Å². The molecule has 1 fully saturated rings. The van der Waals surface area contributed by atoms with Crippen LogP contribution in [0.2, 0.25) is 0 Å². The van der Waals surface area contributed by atoms with Crippen LogP contribution in [0.4, 0.5) is 0 Å². The van der Waals surface area contributed by atoms with Crippen LogP contribution in [0.3, 0.4) is 0 Å². The van der Waals surface area contributed by atoms with E-state index in [1.807, 2.05) is 0 Å². The number of hydrogen-bond acceptors (Lipinski definition) is 2. The Labute approximate surface area is 82.7 Å². The molecule has 0 spiro atoms. The Kier molecular flexibility index (Phi) is 5.40. The molecular weight excluding hydrogens is 160 g/mol. The SMILES string of the molecule is CCCN(CC)CCNC1CCC1. The van der Waals surface area contributed by atoms with Crippen LogP contribution in [0, 0.1) is 0 Å². The third-order valence-electron chi connectivity index (χ3n) is 2.95. The van der Waals surface area contributed by atoms with Gasteiger partial charge in [-0.25, -0.2) is 0 Å². The summed E-state index contributed by atoms with van der Waals surface area (Å²) in [6.07, 6.45) is 5.52. The topological polar surface area (TPSA) is 15.3 Å². The van der Waals surface area contributed by atoms with Crippen molar-refractivity contribution in [2.75, 3.05) is 26.2 Å². The molecule has 0 radical (unpaired) electrons. The second-order valence-corrected chi connectivity index (χ2v) is 4.02. The van der Waals surface area contributed by atoms with Gasteiger partial charge in [-0.05, 0) is 32.4 Å². The number of rotatable bonds is 7. The van der Waals surface area contributed by atoms with E-state index in [-0.39, 0.29) is 0 Å². The fourth-order valence-corrected chi connectivity index (χ4v) is 1.78. The minimum Gasteiger partial charge on any atom is -0.313 e. The van der Waals surface area contributed by atoms with Gasteiger partial charge in [-0.2, -0.15) is 0 Å². The Hall–Kier alpha value is -0.0800. The summed E-state index contributed by atoms with van der Waals surface area (Å²) in [6, 6.07) is 0.848. The molecule has 2 nitrogen and oxygen atoms in total. The fraction of sp³-hybridized carbons (Fsp3) is 1.00. The Balaban J connectivity index is 1.94. The summed E-state index contributed by atoms with van der Waals surface area (Å²) in [5.74, 6) is 0. The first-order valence-electron chi connectivity index (χ1n) is 5.82. The highest BCUT2D eigenvalue weighted by molar-refractivity contribution is 4.76. The second kappa shape index (κ2) is 6.39. The van der Waals surface area contributed by atoms with Crippen LogP contribution in [0.1, 0.15) is 39.5 Å². The lowest BCUT2D eigenvalue weighted by molar-refractivity contribution is 0.264. The van der Waals surface area contributed by atoms with Crippen molar-refractivity contribution in [3.8, 4) is 0 Å². The minimum absolute atomic E-state index is 0.848. The molecule has 1 aliphatic carbocycles. The zero-order valence-corrected chi connectivity index (χ0v) is 9.18. The first kappa shape index (κ1) is 11.0. The monoisotopic (exact) mass is 184 g/mol. The summed E-state index contributed by atoms with van der Waals surface area (Å²) in [5.41, 5.74) is 0. The molecule has 2 heteroatoms. The van der Waals surface area contributed by atoms with Gasteiger partial charge in [-0.15, -0.1) is 0 Å². The summed E-state index contributed by atoms with van der Waals surface area (Å²) in [7, 11) is 0. The molecule has 0 atom stereocenters. The lowest BCUT2D eigenvalue weighted by Gasteiger charge is -2.28. The molecule has 0 aromatic heterocycles. The summed E-state index contributed by atoms with van der Waals surface area (Å²) in [6.45, 7) is 9.35. The van der Waals surface area contributed by atoms with Gasteiger partial charge in [-0.3, -0.25) is 0 Å². The lowest BCUT2D eigenvalue weighted by Crippen LogP contribution is -2.40. The molecule has 0 amide bonds. The van der Waals surface area contributed by atoms with Crippen molar-refractivity contribution in [1.29, 1.82) is 0 Å². The third-order valence-corrected chi connectivity index (χ3v) is 2.95. The lowest BCUT2D eigenvalue weighted by atomic mass is 9.93. The average Bonchev–Trinajstić information content (AvgIpc) is 2.07. The van der Waals surface area contributed by atoms with E-state index in [0.717, 1.165) is 6.04 Å². The van der Waals surface area contributed by atoms with Crippen molar-refractivity contribution in [3.05, 3.63) is 0 Å². The van der Waals surface area contributed by atoms with Crippen molar-refractivity contribution in [2.24, 2.45) is 0 Å². The molecule has 78 valence electrons. The predicted molar refractivity (Wildman–Crippen MR) is 58.0 cm³/mol. The van der Waals surface area contributed by atoms with Crippen LogP contribution in [0.5, 0.6) is 0 Å². The van der Waals surface area contributed by atoms with Gasteiger partial charge < -0.3 is 10.2 Å². The van der Waals surface area contributed by atoms with Gasteiger partial charge in [0, 0.05) is 19.1 Å². The normalized spacial score (nSPS) is 17.8. The third kappa shape index (κ3) is 4.10. The number of likely N-dealkylation sites (N-methyl/N-ethyl adjacent to an activating group) is 1. The van der Waals surface area contributed by atoms with Crippen LogP contribution in [0.15, 0.2) is 0 Å². The molecule has 1 aliphatic rings. The van der Waals surface area contributed by atoms with Gasteiger partial charge >= 0.3 is 0 Å². The molecule has 0 aromatic carbocycles. The van der Waals surface area contributed by atoms with E-state index >= 15 is 0 Å². The van der Waals surface area contributed by atoms with E-state index in [4.69, 9.17) is 0 Å². The molecular formula is C11H24N2. The molecule has 0 saturated heterocycles. The molecule has 13 heavy (non-hydrogen) atoms. The first-order chi connectivity index (χ1) is 6.36. The largest absolute Gasteiger partial charge is 0.313 e. The van der Waals surface area contributed by atoms with E-state index in [1.165, 1.54) is 51.9 Å². The van der Waals surface area contributed by atoms with Gasteiger partial charge in [0.25, 0.3) is 0 Å². The highest BCUT2D eigenvalue weighted by Crippen LogP contribution is 2.17. The summed E-state index contributed by atoms with van der Waals surface area (Å²) in [5, 5.41) is 3.60. The Bertz CT molecular complexity index is 121. The van der Waals surface area contributed by atoms with Crippen molar-refractivity contribution in [1.82, 2.24) is 10.2 Å². The molecule has 0 heterocycles. The molecule has 0 unspecified atom stereocenters. The fourth-order valence-electron chi connectivity index (χ4n) is 1.78. The number of nitrogens with zero attached hydrogens (tertiary/aromatic N) is 1. The highest BCUT2D eigenvalue weighted by Gasteiger charge is 2.15. The molecule has 1 N–H and O–H groups in total. The van der Waals surface area contributed by atoms with Crippen LogP contribution < -0.4 is 5.32 Å². The molecule has 1 saturated carbocycles. The van der Waals surface area contributed by atoms with E-state index < -0.39 is 0 Å². The van der Waals surface area contributed by atoms with Crippen LogP contribution in [-0.4, -0.2) is 37.1 Å². The van der Waals surface area contributed by atoms with Crippen LogP contribution in [0.25, 0.3) is 0 Å². The van der Waals surface area contributed by atoms with Crippen LogP contribution >= 0.6 is 0 Å². The van der Waals surface area contributed by atoms with Gasteiger partial charge in [0.2, 0.25) is 0 Å². The Morgan fingerprint density at radius 1 is 1.23 bits per heavy atom. The zero-order chi connectivity index (χ0) is 9.52. The van der Waals surface area contributed by atoms with E-state index in [1.54, 1.807) is 0 Å². The number of hydrogen-bond donors (Lipinski definition) is 1. The van der Waals surface area contributed by atoms with Crippen molar-refractivity contribution in [2.45, 2.75) is 45.6 Å². The van der Waals surface area contributed by atoms with E-state index in [0.29, 0.717) is 0 Å². The number of nitrogens with one attached hydrogen (secondary N) is 1. The van der Waals surface area contributed by atoms with E-state index in [2.05, 4.69) is 24.1 Å². The molecule has 1 rings (SSSR count). The average molecular weight is 184 g/mol. The van der Waals surface area contributed by atoms with Crippen molar-refractivity contribution >= 4 is 0 Å². The minimum atomic E-state index is 0.848. The van der Waals surface area contributed by atoms with Gasteiger partial charge in [0.15, 0.2) is 0 Å². The van der Waals surface area contributed by atoms with Crippen molar-refractivity contribution in [3.63, 3.8) is 0 Å². The molecule has 0 aromatic rings. The van der Waals surface area contributed by atoms with Crippen LogP contribution in [-0.2, 0) is 0 Å². The first-order valence-corrected chi connectivity index (χ1v) is 5.82. The maximum atomic E-state index is 3.60. The summed E-state index contributed by atoms with van der Waals surface area (Å²) in [4.78, 5) is 2.52. The quantitative estimate of drug-likeness (QED) is 0.649.